The molecule has 182 valence electrons. The topological polar surface area (TPSA) is 43.4 Å². The highest BCUT2D eigenvalue weighted by atomic mass is 19.4. The lowest BCUT2D eigenvalue weighted by molar-refractivity contribution is -0.152. The maximum absolute atomic E-state index is 12.9. The van der Waals surface area contributed by atoms with Crippen LogP contribution in [0.3, 0.4) is 0 Å². The van der Waals surface area contributed by atoms with Gasteiger partial charge in [-0.1, -0.05) is 87.7 Å². The van der Waals surface area contributed by atoms with Crippen molar-refractivity contribution < 1.29 is 27.5 Å². The van der Waals surface area contributed by atoms with Crippen molar-refractivity contribution in [1.29, 1.82) is 0 Å². The monoisotopic (exact) mass is 464 g/mol. The first kappa shape index (κ1) is 28.4. The number of hydrogen-bond donors (Lipinski definition) is 0. The summed E-state index contributed by atoms with van der Waals surface area (Å²) in [5.74, 6) is -2.08. The average molecular weight is 465 g/mol. The fourth-order valence-electron chi connectivity index (χ4n) is 3.71. The summed E-state index contributed by atoms with van der Waals surface area (Å²) in [5.41, 5.74) is -0.463. The van der Waals surface area contributed by atoms with Crippen molar-refractivity contribution >= 4 is 11.8 Å². The molecule has 1 unspecified atom stereocenters. The van der Waals surface area contributed by atoms with Crippen LogP contribution in [0.25, 0.3) is 0 Å². The standard InChI is InChI=1S/C19H23F3O3.C6H6.C2H6/c1-2-25-18(24)16(17(23)14-8-4-3-5-9-14)12-13-7-6-10-15(11-13)19(20,21)22;1-2-4-6-5-3-1;1-2/h6-7,10-11,14,16H,2-5,8-9,12H2,1H3;1-6H;1-2H3. The molecule has 1 atom stereocenters. The number of carbonyl (C=O) groups is 2. The Morgan fingerprint density at radius 1 is 0.939 bits per heavy atom. The summed E-state index contributed by atoms with van der Waals surface area (Å²) in [6.45, 7) is 5.78. The number of ketones is 1. The van der Waals surface area contributed by atoms with E-state index in [9.17, 15) is 22.8 Å². The number of halogens is 3. The van der Waals surface area contributed by atoms with Crippen LogP contribution in [0.1, 0.15) is 64.0 Å². The molecule has 1 aliphatic carbocycles. The smallest absolute Gasteiger partial charge is 0.416 e. The van der Waals surface area contributed by atoms with Gasteiger partial charge in [-0.3, -0.25) is 9.59 Å². The lowest BCUT2D eigenvalue weighted by Crippen LogP contribution is -2.34. The molecule has 0 N–H and O–H groups in total. The van der Waals surface area contributed by atoms with E-state index < -0.39 is 23.6 Å². The third-order valence-electron chi connectivity index (χ3n) is 5.28. The van der Waals surface area contributed by atoms with Crippen LogP contribution in [0.2, 0.25) is 0 Å². The summed E-state index contributed by atoms with van der Waals surface area (Å²) < 4.78 is 43.6. The average Bonchev–Trinajstić information content (AvgIpc) is 2.85. The predicted molar refractivity (Wildman–Crippen MR) is 125 cm³/mol. The molecule has 6 heteroatoms. The van der Waals surface area contributed by atoms with Gasteiger partial charge in [0.05, 0.1) is 12.2 Å². The number of alkyl halides is 3. The van der Waals surface area contributed by atoms with Crippen LogP contribution >= 0.6 is 0 Å². The second-order valence-electron chi connectivity index (χ2n) is 7.60. The maximum Gasteiger partial charge on any atom is 0.416 e. The van der Waals surface area contributed by atoms with E-state index in [1.807, 2.05) is 50.2 Å². The van der Waals surface area contributed by atoms with Crippen LogP contribution in [-0.4, -0.2) is 18.4 Å². The predicted octanol–water partition coefficient (Wildman–Crippen LogP) is 7.29. The third kappa shape index (κ3) is 10.2. The molecule has 0 saturated heterocycles. The van der Waals surface area contributed by atoms with Gasteiger partial charge in [-0.2, -0.15) is 13.2 Å². The van der Waals surface area contributed by atoms with E-state index in [1.54, 1.807) is 6.92 Å². The molecule has 1 saturated carbocycles. The highest BCUT2D eigenvalue weighted by molar-refractivity contribution is 6.00. The molecule has 2 aromatic rings. The Bertz CT molecular complexity index is 786. The van der Waals surface area contributed by atoms with E-state index in [0.717, 1.165) is 44.2 Å². The SMILES string of the molecule is CC.CCOC(=O)C(Cc1cccc(C(F)(F)F)c1)C(=O)C1CCCCC1.c1ccccc1. The number of rotatable bonds is 6. The van der Waals surface area contributed by atoms with Gasteiger partial charge in [0, 0.05) is 5.92 Å². The van der Waals surface area contributed by atoms with Gasteiger partial charge >= 0.3 is 12.1 Å². The second-order valence-corrected chi connectivity index (χ2v) is 7.60. The van der Waals surface area contributed by atoms with E-state index in [-0.39, 0.29) is 24.7 Å². The molecule has 1 fully saturated rings. The highest BCUT2D eigenvalue weighted by Crippen LogP contribution is 2.31. The minimum Gasteiger partial charge on any atom is -0.465 e. The Balaban J connectivity index is 0.000000578. The number of Topliss-reactive ketones (excluding diaryl/α,β-unsaturated/α-hetero) is 1. The third-order valence-corrected chi connectivity index (χ3v) is 5.28. The van der Waals surface area contributed by atoms with Crippen molar-refractivity contribution in [2.75, 3.05) is 6.61 Å². The van der Waals surface area contributed by atoms with Crippen molar-refractivity contribution in [2.24, 2.45) is 11.8 Å². The number of ether oxygens (including phenoxy) is 1. The summed E-state index contributed by atoms with van der Waals surface area (Å²) in [6.07, 6.45) is -0.0952. The fourth-order valence-corrected chi connectivity index (χ4v) is 3.71. The molecule has 33 heavy (non-hydrogen) atoms. The van der Waals surface area contributed by atoms with Crippen molar-refractivity contribution in [3.8, 4) is 0 Å². The normalized spacial score (nSPS) is 14.6. The largest absolute Gasteiger partial charge is 0.465 e. The molecule has 0 radical (unpaired) electrons. The summed E-state index contributed by atoms with van der Waals surface area (Å²) in [5, 5.41) is 0. The Hall–Kier alpha value is -2.63. The Morgan fingerprint density at radius 3 is 1.97 bits per heavy atom. The first-order valence-electron chi connectivity index (χ1n) is 11.7. The molecule has 0 heterocycles. The van der Waals surface area contributed by atoms with Crippen molar-refractivity contribution in [3.05, 3.63) is 71.8 Å². The first-order valence-corrected chi connectivity index (χ1v) is 11.7. The molecule has 0 aromatic heterocycles. The lowest BCUT2D eigenvalue weighted by Gasteiger charge is -2.24. The van der Waals surface area contributed by atoms with Gasteiger partial charge in [0.25, 0.3) is 0 Å². The van der Waals surface area contributed by atoms with Gasteiger partial charge in [0.2, 0.25) is 0 Å². The van der Waals surface area contributed by atoms with Crippen LogP contribution in [0.15, 0.2) is 60.7 Å². The minimum absolute atomic E-state index is 0.0575. The van der Waals surface area contributed by atoms with Crippen LogP contribution in [0.4, 0.5) is 13.2 Å². The minimum atomic E-state index is -4.46. The fraction of sp³-hybridized carbons (Fsp3) is 0.481. The molecule has 1 aliphatic rings. The zero-order chi connectivity index (χ0) is 24.7. The molecule has 0 spiro atoms. The van der Waals surface area contributed by atoms with Gasteiger partial charge in [0.15, 0.2) is 5.78 Å². The Labute approximate surface area is 195 Å². The number of esters is 1. The molecular formula is C27H35F3O3. The van der Waals surface area contributed by atoms with Crippen molar-refractivity contribution in [2.45, 2.75) is 65.5 Å². The molecule has 0 aliphatic heterocycles. The number of carbonyl (C=O) groups excluding carboxylic acids is 2. The Morgan fingerprint density at radius 2 is 1.48 bits per heavy atom. The summed E-state index contributed by atoms with van der Waals surface area (Å²) in [6, 6.07) is 16.8. The van der Waals surface area contributed by atoms with E-state index in [0.29, 0.717) is 5.56 Å². The molecular weight excluding hydrogens is 429 g/mol. The van der Waals surface area contributed by atoms with Gasteiger partial charge in [-0.15, -0.1) is 0 Å². The lowest BCUT2D eigenvalue weighted by atomic mass is 9.80. The van der Waals surface area contributed by atoms with Crippen LogP contribution < -0.4 is 0 Å². The van der Waals surface area contributed by atoms with Crippen LogP contribution in [-0.2, 0) is 26.9 Å². The summed E-state index contributed by atoms with van der Waals surface area (Å²) in [4.78, 5) is 25.0. The van der Waals surface area contributed by atoms with Crippen LogP contribution in [0.5, 0.6) is 0 Å². The first-order chi connectivity index (χ1) is 15.8. The van der Waals surface area contributed by atoms with E-state index in [2.05, 4.69) is 0 Å². The molecule has 2 aromatic carbocycles. The van der Waals surface area contributed by atoms with Gasteiger partial charge in [0.1, 0.15) is 5.92 Å². The summed E-state index contributed by atoms with van der Waals surface area (Å²) >= 11 is 0. The maximum atomic E-state index is 12.9. The molecule has 3 nitrogen and oxygen atoms in total. The molecule has 0 bridgehead atoms. The zero-order valence-electron chi connectivity index (χ0n) is 19.7. The number of hydrogen-bond acceptors (Lipinski definition) is 3. The van der Waals surface area contributed by atoms with Crippen molar-refractivity contribution in [1.82, 2.24) is 0 Å². The Kier molecular flexibility index (Phi) is 13.1. The van der Waals surface area contributed by atoms with Gasteiger partial charge in [-0.25, -0.2) is 0 Å². The quantitative estimate of drug-likeness (QED) is 0.333. The zero-order valence-corrected chi connectivity index (χ0v) is 19.7. The second kappa shape index (κ2) is 15.3. The van der Waals surface area contributed by atoms with Gasteiger partial charge in [-0.05, 0) is 37.8 Å². The van der Waals surface area contributed by atoms with Crippen molar-refractivity contribution in [3.63, 3.8) is 0 Å². The molecule has 0 amide bonds. The number of benzene rings is 2. The highest BCUT2D eigenvalue weighted by Gasteiger charge is 2.35. The van der Waals surface area contributed by atoms with E-state index in [4.69, 9.17) is 4.74 Å². The van der Waals surface area contributed by atoms with E-state index in [1.165, 1.54) is 12.1 Å². The van der Waals surface area contributed by atoms with Gasteiger partial charge < -0.3 is 4.74 Å². The summed E-state index contributed by atoms with van der Waals surface area (Å²) in [7, 11) is 0. The van der Waals surface area contributed by atoms with Crippen LogP contribution in [0, 0.1) is 11.8 Å². The van der Waals surface area contributed by atoms with E-state index >= 15 is 0 Å². The molecule has 3 rings (SSSR count).